The molecule has 0 fully saturated rings. The fourth-order valence-electron chi connectivity index (χ4n) is 4.86. The van der Waals surface area contributed by atoms with E-state index in [-0.39, 0.29) is 0 Å². The van der Waals surface area contributed by atoms with Gasteiger partial charge in [0.05, 0.1) is 0 Å². The van der Waals surface area contributed by atoms with Gasteiger partial charge in [-0.15, -0.1) is 0 Å². The Balaban J connectivity index is 4.11. The molecular formula is C2H6B76OS. The molecule has 0 aromatic heterocycles. The first-order valence-corrected chi connectivity index (χ1v) is 27.9. The van der Waals surface area contributed by atoms with Crippen molar-refractivity contribution in [2.75, 3.05) is 5.75 Å². The van der Waals surface area contributed by atoms with E-state index in [2.05, 4.69) is 7.37 Å². The van der Waals surface area contributed by atoms with E-state index in [1.54, 1.807) is 19.5 Å². The second-order valence-corrected chi connectivity index (χ2v) is 16.7. The van der Waals surface area contributed by atoms with E-state index in [9.17, 15) is 4.21 Å². The normalized spacial score (nSPS) is 8.35. The second kappa shape index (κ2) is 82.1. The van der Waals surface area contributed by atoms with Crippen LogP contribution in [0.5, 0.6) is 0 Å². The van der Waals surface area contributed by atoms with Crippen molar-refractivity contribution in [2.45, 2.75) is 6.92 Å². The van der Waals surface area contributed by atoms with E-state index in [0.29, 0.717) is 5.75 Å². The van der Waals surface area contributed by atoms with Crippen LogP contribution in [0.15, 0.2) is 0 Å². The van der Waals surface area contributed by atoms with Crippen LogP contribution in [0.4, 0.5) is 0 Å². The van der Waals surface area contributed by atoms with Gasteiger partial charge in [-0.05, 0) is 0 Å². The predicted molar refractivity (Wildman–Crippen MR) is 457 cm³/mol. The van der Waals surface area contributed by atoms with Gasteiger partial charge >= 0.3 is 536 Å². The molecule has 0 aromatic rings. The molecule has 78 heteroatoms. The molecule has 0 aliphatic rings. The molecular weight excluding hydrogens is 894 g/mol. The van der Waals surface area contributed by atoms with Gasteiger partial charge in [0.2, 0.25) is 0 Å². The summed E-state index contributed by atoms with van der Waals surface area (Å²) in [6, 6.07) is 0. The zero-order valence-electron chi connectivity index (χ0n) is 46.5. The Morgan fingerprint density at radius 3 is 0.350 bits per heavy atom. The molecule has 0 saturated carbocycles. The van der Waals surface area contributed by atoms with Crippen molar-refractivity contribution in [1.82, 2.24) is 0 Å². The van der Waals surface area contributed by atoms with E-state index in [1.807, 2.05) is 489 Å². The van der Waals surface area contributed by atoms with E-state index in [4.69, 9.17) is 0 Å². The predicted octanol–water partition coefficient (Wildman–Crippen LogP) is -29.0. The standard InChI is InChI=1S/C2H6B76OS/c1-2-80(79)78-77-76-75-74-73-72-71-70-69-68-67-66-65-64-63-62-61-60-59-58-57-56-55-54-53-52-51-50-49-48-47-46-45-44-43-42-41-40-39-38-37-36-35-34-33-32-31-30-29-28-27-26-25-24-23-22-21-20-19-18-17-16-15-14-13-12-11-10-9-8-7-6-5-4-3/h3H,2H2,1H3. The number of hydrogen-bond acceptors (Lipinski definition) is 1. The Hall–Kier alpha value is 5.09. The maximum atomic E-state index is 11.3. The molecule has 254 valence electrons. The third kappa shape index (κ3) is 81.1. The molecule has 0 heterocycles. The molecule has 0 amide bonds. The number of hydrogen-bond donors (Lipinski definition) is 0. The van der Waals surface area contributed by atoms with Crippen LogP contribution in [-0.4, -0.2) is 519 Å². The average Bonchev–Trinajstić information content (AvgIpc) is 3.47. The molecule has 0 N–H and O–H groups in total. The summed E-state index contributed by atoms with van der Waals surface area (Å²) in [6.45, 7) is 148. The van der Waals surface area contributed by atoms with Crippen molar-refractivity contribution >= 4 is 519 Å². The summed E-state index contributed by atoms with van der Waals surface area (Å²) in [4.78, 5) is 0. The van der Waals surface area contributed by atoms with Gasteiger partial charge in [0.25, 0.3) is 0 Å². The van der Waals surface area contributed by atoms with Crippen LogP contribution in [0.1, 0.15) is 6.92 Å². The quantitative estimate of drug-likeness (QED) is 0.0562. The van der Waals surface area contributed by atoms with Gasteiger partial charge in [-0.1, -0.05) is 0 Å². The molecule has 1 unspecified atom stereocenters. The Kier molecular flexibility index (Phi) is 87.3. The Bertz CT molecular complexity index is 2840. The first-order chi connectivity index (χ1) is 39.8. The van der Waals surface area contributed by atoms with Gasteiger partial charge in [0, 0.05) is 0 Å². The molecule has 0 aliphatic carbocycles. The summed E-state index contributed by atoms with van der Waals surface area (Å²) in [6.07, 6.45) is 1.69. The van der Waals surface area contributed by atoms with Crippen molar-refractivity contribution in [3.8, 4) is 0 Å². The average molecular weight is 900 g/mol. The van der Waals surface area contributed by atoms with Crippen molar-refractivity contribution < 1.29 is 4.21 Å². The Morgan fingerprint density at radius 2 is 0.263 bits per heavy atom. The van der Waals surface area contributed by atoms with Crippen LogP contribution in [0, 0.1) is 0 Å². The molecule has 0 saturated heterocycles. The molecule has 80 heavy (non-hydrogen) atoms. The number of rotatable bonds is 39. The van der Waals surface area contributed by atoms with Crippen LogP contribution < -0.4 is 0 Å². The van der Waals surface area contributed by atoms with Gasteiger partial charge in [0.1, 0.15) is 0 Å². The first kappa shape index (κ1) is 85.1. The summed E-state index contributed by atoms with van der Waals surface area (Å²) >= 11 is 0. The molecule has 1 nitrogen and oxygen atoms in total. The van der Waals surface area contributed by atoms with Crippen LogP contribution >= 0.6 is 0 Å². The van der Waals surface area contributed by atoms with Gasteiger partial charge in [-0.3, -0.25) is 0 Å². The summed E-state index contributed by atoms with van der Waals surface area (Å²) in [7, 11) is 2.76. The summed E-state index contributed by atoms with van der Waals surface area (Å²) in [5.74, 6) is 0.642. The topological polar surface area (TPSA) is 17.1 Å². The summed E-state index contributed by atoms with van der Waals surface area (Å²) < 4.78 is 11.3. The minimum atomic E-state index is -0.870. The molecule has 0 rings (SSSR count). The van der Waals surface area contributed by atoms with Gasteiger partial charge < -0.3 is 0 Å². The Labute approximate surface area is 530 Å². The van der Waals surface area contributed by atoms with Crippen molar-refractivity contribution in [3.63, 3.8) is 0 Å². The fraction of sp³-hybridized carbons (Fsp3) is 1.00. The van der Waals surface area contributed by atoms with Crippen molar-refractivity contribution in [2.24, 2.45) is 0 Å². The van der Waals surface area contributed by atoms with Gasteiger partial charge in [-0.2, -0.15) is 0 Å². The molecule has 0 spiro atoms. The maximum absolute atomic E-state index is 11.3. The van der Waals surface area contributed by atoms with E-state index in [0.717, 1.165) is 0 Å². The summed E-state index contributed by atoms with van der Waals surface area (Å²) in [5, 5.41) is 0. The molecule has 0 aromatic carbocycles. The van der Waals surface area contributed by atoms with Crippen LogP contribution in [0.2, 0.25) is 0 Å². The molecule has 0 radical (unpaired) electrons. The first-order valence-electron chi connectivity index (χ1n) is 26.5. The van der Waals surface area contributed by atoms with Crippen molar-refractivity contribution in [3.05, 3.63) is 0 Å². The second-order valence-electron chi connectivity index (χ2n) is 15.1. The van der Waals surface area contributed by atoms with Crippen LogP contribution in [0.3, 0.4) is 0 Å². The van der Waals surface area contributed by atoms with E-state index < -0.39 is 10.7 Å². The minimum absolute atomic E-state index is 0.642. The van der Waals surface area contributed by atoms with Gasteiger partial charge in [-0.25, -0.2) is 0 Å². The third-order valence-corrected chi connectivity index (χ3v) is 9.68. The monoisotopic (exact) mass is 915 g/mol. The van der Waals surface area contributed by atoms with E-state index in [1.165, 1.54) is 0 Å². The van der Waals surface area contributed by atoms with Crippen molar-refractivity contribution in [1.29, 1.82) is 0 Å². The fourth-order valence-corrected chi connectivity index (χ4v) is 5.32. The zero-order valence-corrected chi connectivity index (χ0v) is 47.3. The van der Waals surface area contributed by atoms with Gasteiger partial charge in [0.15, 0.2) is 0 Å². The zero-order chi connectivity index (χ0) is 57.3. The summed E-state index contributed by atoms with van der Waals surface area (Å²) in [5.41, 5.74) is 0. The van der Waals surface area contributed by atoms with Crippen LogP contribution in [0.25, 0.3) is 0 Å². The SMILES string of the molecule is B=BB=BB=BB=BB=BB=BB=BB=BB=BB=BB=BB=BB=BB=BB=BB=BB=BB=BB=BB=BB=BB=BB=BB=BB=BB=BB=BB=BB=BB=BB=BB=BB=BB=BB=BB=BB=BB=BS(=O)CC. The van der Waals surface area contributed by atoms with Crippen LogP contribution in [-0.2, 0) is 10.7 Å². The van der Waals surface area contributed by atoms with E-state index >= 15 is 0 Å². The third-order valence-electron chi connectivity index (χ3n) is 8.65. The molecule has 1 atom stereocenters. The molecule has 0 aliphatic heterocycles. The molecule has 0 bridgehead atoms. The Morgan fingerprint density at radius 1 is 0.175 bits per heavy atom.